The number of para-hydroxylation sites is 1. The summed E-state index contributed by atoms with van der Waals surface area (Å²) in [6.45, 7) is 0.735. The number of nitrogens with zero attached hydrogens (tertiary/aromatic N) is 2. The number of aromatic nitrogens is 1. The monoisotopic (exact) mass is 527 g/mol. The molecule has 0 bridgehead atoms. The quantitative estimate of drug-likeness (QED) is 0.507. The van der Waals surface area contributed by atoms with Gasteiger partial charge in [-0.1, -0.05) is 24.3 Å². The van der Waals surface area contributed by atoms with Crippen LogP contribution in [0, 0.1) is 5.92 Å². The van der Waals surface area contributed by atoms with E-state index >= 15 is 0 Å². The van der Waals surface area contributed by atoms with E-state index in [-0.39, 0.29) is 29.0 Å². The van der Waals surface area contributed by atoms with Crippen LogP contribution >= 0.6 is 11.3 Å². The first-order chi connectivity index (χ1) is 16.6. The molecule has 1 aliphatic rings. The zero-order valence-electron chi connectivity index (χ0n) is 18.6. The van der Waals surface area contributed by atoms with Crippen molar-refractivity contribution in [3.05, 3.63) is 53.5 Å². The molecule has 1 fully saturated rings. The molecule has 188 valence electrons. The summed E-state index contributed by atoms with van der Waals surface area (Å²) in [5.41, 5.74) is 1.30. The Morgan fingerprint density at radius 3 is 2.46 bits per heavy atom. The summed E-state index contributed by atoms with van der Waals surface area (Å²) < 4.78 is 64.7. The fraction of sp³-hybridized carbons (Fsp3) is 0.391. The number of aryl methyl sites for hydroxylation is 1. The summed E-state index contributed by atoms with van der Waals surface area (Å²) in [5, 5.41) is 4.37. The molecule has 0 spiro atoms. The van der Waals surface area contributed by atoms with Crippen molar-refractivity contribution in [1.82, 2.24) is 14.2 Å². The Balaban J connectivity index is 1.37. The molecule has 1 aliphatic heterocycles. The SMILES string of the molecule is O=C(CCc1cn(S(=O)(=O)c2cccs2)c2ccccc12)N1CCC(CNC(=O)C(F)(F)F)CC1. The first kappa shape index (κ1) is 25.2. The van der Waals surface area contributed by atoms with Crippen LogP contribution in [0.4, 0.5) is 13.2 Å². The van der Waals surface area contributed by atoms with Gasteiger partial charge in [0.2, 0.25) is 5.91 Å². The third-order valence-corrected chi connectivity index (χ3v) is 9.20. The van der Waals surface area contributed by atoms with Gasteiger partial charge in [-0.25, -0.2) is 3.97 Å². The molecule has 0 radical (unpaired) electrons. The van der Waals surface area contributed by atoms with E-state index in [2.05, 4.69) is 0 Å². The van der Waals surface area contributed by atoms with Crippen molar-refractivity contribution < 1.29 is 31.2 Å². The normalized spacial score (nSPS) is 15.5. The third kappa shape index (κ3) is 5.53. The number of halogens is 3. The molecule has 4 rings (SSSR count). The summed E-state index contributed by atoms with van der Waals surface area (Å²) in [7, 11) is -3.75. The summed E-state index contributed by atoms with van der Waals surface area (Å²) in [4.78, 5) is 25.4. The van der Waals surface area contributed by atoms with Crippen LogP contribution in [-0.2, 0) is 26.0 Å². The number of hydrogen-bond donors (Lipinski definition) is 1. The van der Waals surface area contributed by atoms with Gasteiger partial charge in [-0.15, -0.1) is 11.3 Å². The van der Waals surface area contributed by atoms with Crippen molar-refractivity contribution in [1.29, 1.82) is 0 Å². The maximum absolute atomic E-state index is 13.1. The Morgan fingerprint density at radius 2 is 1.80 bits per heavy atom. The number of hydrogen-bond acceptors (Lipinski definition) is 5. The maximum atomic E-state index is 13.1. The van der Waals surface area contributed by atoms with Crippen molar-refractivity contribution in [3.8, 4) is 0 Å². The zero-order chi connectivity index (χ0) is 25.2. The lowest BCUT2D eigenvalue weighted by Gasteiger charge is -2.32. The number of rotatable bonds is 7. The van der Waals surface area contributed by atoms with Crippen molar-refractivity contribution in [2.45, 2.75) is 36.1 Å². The number of piperidine rings is 1. The predicted molar refractivity (Wildman–Crippen MR) is 126 cm³/mol. The van der Waals surface area contributed by atoms with Gasteiger partial charge in [0, 0.05) is 37.6 Å². The van der Waals surface area contributed by atoms with E-state index in [1.54, 1.807) is 40.7 Å². The number of amides is 2. The lowest BCUT2D eigenvalue weighted by Crippen LogP contribution is -2.44. The highest BCUT2D eigenvalue weighted by atomic mass is 32.2. The lowest BCUT2D eigenvalue weighted by atomic mass is 9.96. The molecule has 3 heterocycles. The second kappa shape index (κ2) is 10.0. The molecular formula is C23H24F3N3O4S2. The van der Waals surface area contributed by atoms with E-state index in [1.807, 2.05) is 17.4 Å². The minimum atomic E-state index is -4.90. The third-order valence-electron chi connectivity index (χ3n) is 6.15. The molecule has 0 unspecified atom stereocenters. The van der Waals surface area contributed by atoms with Gasteiger partial charge in [-0.3, -0.25) is 9.59 Å². The number of carbonyl (C=O) groups is 2. The van der Waals surface area contributed by atoms with Crippen LogP contribution < -0.4 is 5.32 Å². The van der Waals surface area contributed by atoms with Crippen LogP contribution in [0.1, 0.15) is 24.8 Å². The second-order valence-electron chi connectivity index (χ2n) is 8.44. The van der Waals surface area contributed by atoms with Crippen molar-refractivity contribution in [2.24, 2.45) is 5.92 Å². The zero-order valence-corrected chi connectivity index (χ0v) is 20.3. The number of carbonyl (C=O) groups excluding carboxylic acids is 2. The molecule has 0 saturated carbocycles. The first-order valence-corrected chi connectivity index (χ1v) is 13.4. The second-order valence-corrected chi connectivity index (χ2v) is 11.4. The summed E-state index contributed by atoms with van der Waals surface area (Å²) >= 11 is 1.14. The van der Waals surface area contributed by atoms with Gasteiger partial charge >= 0.3 is 12.1 Å². The maximum Gasteiger partial charge on any atom is 0.471 e. The van der Waals surface area contributed by atoms with Gasteiger partial charge in [-0.2, -0.15) is 21.6 Å². The predicted octanol–water partition coefficient (Wildman–Crippen LogP) is 3.79. The molecule has 1 saturated heterocycles. The van der Waals surface area contributed by atoms with Gasteiger partial charge in [0.15, 0.2) is 0 Å². The summed E-state index contributed by atoms with van der Waals surface area (Å²) in [6.07, 6.45) is -1.79. The summed E-state index contributed by atoms with van der Waals surface area (Å²) in [6, 6.07) is 10.4. The Hall–Kier alpha value is -2.86. The van der Waals surface area contributed by atoms with Crippen molar-refractivity contribution in [3.63, 3.8) is 0 Å². The van der Waals surface area contributed by atoms with Crippen LogP contribution in [0.2, 0.25) is 0 Å². The molecule has 2 amide bonds. The molecule has 0 atom stereocenters. The Bertz CT molecular complexity index is 1310. The molecule has 7 nitrogen and oxygen atoms in total. The molecule has 1 N–H and O–H groups in total. The smallest absolute Gasteiger partial charge is 0.348 e. The number of thiophene rings is 1. The van der Waals surface area contributed by atoms with E-state index < -0.39 is 22.1 Å². The highest BCUT2D eigenvalue weighted by Crippen LogP contribution is 2.29. The van der Waals surface area contributed by atoms with E-state index in [0.29, 0.717) is 37.9 Å². The van der Waals surface area contributed by atoms with E-state index in [9.17, 15) is 31.2 Å². The topological polar surface area (TPSA) is 88.5 Å². The van der Waals surface area contributed by atoms with Crippen molar-refractivity contribution >= 4 is 44.1 Å². The van der Waals surface area contributed by atoms with Gasteiger partial charge in [0.1, 0.15) is 4.21 Å². The number of likely N-dealkylation sites (tertiary alicyclic amines) is 1. The number of benzene rings is 1. The van der Waals surface area contributed by atoms with Crippen LogP contribution in [-0.4, -0.2) is 54.9 Å². The van der Waals surface area contributed by atoms with Gasteiger partial charge < -0.3 is 10.2 Å². The molecule has 3 aromatic rings. The average molecular weight is 528 g/mol. The first-order valence-electron chi connectivity index (χ1n) is 11.1. The number of fused-ring (bicyclic) bond motifs is 1. The van der Waals surface area contributed by atoms with E-state index in [0.717, 1.165) is 22.3 Å². The highest BCUT2D eigenvalue weighted by Gasteiger charge is 2.38. The van der Waals surface area contributed by atoms with Gasteiger partial charge in [-0.05, 0) is 48.3 Å². The summed E-state index contributed by atoms with van der Waals surface area (Å²) in [5.74, 6) is -2.16. The van der Waals surface area contributed by atoms with Crippen LogP contribution in [0.25, 0.3) is 10.9 Å². The van der Waals surface area contributed by atoms with E-state index in [4.69, 9.17) is 0 Å². The molecule has 1 aromatic carbocycles. The number of alkyl halides is 3. The lowest BCUT2D eigenvalue weighted by molar-refractivity contribution is -0.173. The minimum absolute atomic E-state index is 0.0708. The highest BCUT2D eigenvalue weighted by molar-refractivity contribution is 7.92. The van der Waals surface area contributed by atoms with Crippen molar-refractivity contribution in [2.75, 3.05) is 19.6 Å². The fourth-order valence-electron chi connectivity index (χ4n) is 4.25. The average Bonchev–Trinajstić information content (AvgIpc) is 3.50. The van der Waals surface area contributed by atoms with Gasteiger partial charge in [0.05, 0.1) is 5.52 Å². The molecule has 12 heteroatoms. The van der Waals surface area contributed by atoms with E-state index in [1.165, 1.54) is 3.97 Å². The van der Waals surface area contributed by atoms with Gasteiger partial charge in [0.25, 0.3) is 10.0 Å². The van der Waals surface area contributed by atoms with Crippen LogP contribution in [0.3, 0.4) is 0 Å². The Labute approximate surface area is 204 Å². The van der Waals surface area contributed by atoms with Crippen LogP contribution in [0.15, 0.2) is 52.2 Å². The number of nitrogens with one attached hydrogen (secondary N) is 1. The Kier molecular flexibility index (Phi) is 7.22. The van der Waals surface area contributed by atoms with Crippen LogP contribution in [0.5, 0.6) is 0 Å². The molecule has 35 heavy (non-hydrogen) atoms. The Morgan fingerprint density at radius 1 is 1.09 bits per heavy atom. The molecule has 0 aliphatic carbocycles. The fourth-order valence-corrected chi connectivity index (χ4v) is 6.72. The molecular weight excluding hydrogens is 503 g/mol. The standard InChI is InChI=1S/C23H24F3N3O4S2/c24-23(25,26)22(31)27-14-16-9-11-28(12-10-16)20(30)8-7-17-15-29(19-5-2-1-4-18(17)19)35(32,33)21-6-3-13-34-21/h1-6,13,15-16H,7-12,14H2,(H,27,31). The molecule has 2 aromatic heterocycles. The minimum Gasteiger partial charge on any atom is -0.348 e. The largest absolute Gasteiger partial charge is 0.471 e.